The summed E-state index contributed by atoms with van der Waals surface area (Å²) in [6, 6.07) is 10.7. The summed E-state index contributed by atoms with van der Waals surface area (Å²) in [5.74, 6) is 0.904. The highest BCUT2D eigenvalue weighted by atomic mass is 15.0. The van der Waals surface area contributed by atoms with Crippen molar-refractivity contribution in [1.82, 2.24) is 15.3 Å². The first-order valence-corrected chi connectivity index (χ1v) is 7.60. The van der Waals surface area contributed by atoms with Gasteiger partial charge in [-0.1, -0.05) is 29.8 Å². The number of nitrogens with two attached hydrogens (primary N) is 1. The van der Waals surface area contributed by atoms with Crippen LogP contribution in [-0.2, 0) is 6.42 Å². The van der Waals surface area contributed by atoms with E-state index in [-0.39, 0.29) is 0 Å². The minimum atomic E-state index is 0.396. The summed E-state index contributed by atoms with van der Waals surface area (Å²) in [5.41, 5.74) is 10.6. The zero-order valence-electron chi connectivity index (χ0n) is 12.5. The molecule has 4 heteroatoms. The summed E-state index contributed by atoms with van der Waals surface area (Å²) in [6.07, 6.45) is 3.06. The zero-order valence-corrected chi connectivity index (χ0v) is 12.5. The lowest BCUT2D eigenvalue weighted by Gasteiger charge is -2.22. The summed E-state index contributed by atoms with van der Waals surface area (Å²) < 4.78 is 0. The first-order chi connectivity index (χ1) is 10.2. The molecular formula is C17H22N4. The number of nitrogens with one attached hydrogen (secondary N) is 1. The van der Waals surface area contributed by atoms with Crippen LogP contribution in [0.25, 0.3) is 0 Å². The highest BCUT2D eigenvalue weighted by molar-refractivity contribution is 5.30. The van der Waals surface area contributed by atoms with Gasteiger partial charge < -0.3 is 11.1 Å². The summed E-state index contributed by atoms with van der Waals surface area (Å²) in [5, 5.41) is 3.38. The van der Waals surface area contributed by atoms with Crippen LogP contribution in [0, 0.1) is 6.92 Å². The molecule has 0 radical (unpaired) electrons. The molecule has 1 saturated heterocycles. The average molecular weight is 282 g/mol. The van der Waals surface area contributed by atoms with Crippen LogP contribution in [0.2, 0.25) is 0 Å². The molecule has 110 valence electrons. The van der Waals surface area contributed by atoms with E-state index in [1.807, 2.05) is 0 Å². The molecule has 1 aliphatic rings. The summed E-state index contributed by atoms with van der Waals surface area (Å²) in [6.45, 7) is 4.21. The first kappa shape index (κ1) is 14.0. The lowest BCUT2D eigenvalue weighted by molar-refractivity contribution is 0.453. The highest BCUT2D eigenvalue weighted by Gasteiger charge is 2.18. The molecule has 0 aliphatic carbocycles. The summed E-state index contributed by atoms with van der Waals surface area (Å²) in [4.78, 5) is 8.85. The Bertz CT molecular complexity index is 601. The summed E-state index contributed by atoms with van der Waals surface area (Å²) in [7, 11) is 0. The molecule has 3 rings (SSSR count). The lowest BCUT2D eigenvalue weighted by atomic mass is 9.93. The molecule has 21 heavy (non-hydrogen) atoms. The second-order valence-corrected chi connectivity index (χ2v) is 5.83. The highest BCUT2D eigenvalue weighted by Crippen LogP contribution is 2.25. The number of piperidine rings is 1. The van der Waals surface area contributed by atoms with E-state index in [0.717, 1.165) is 43.7 Å². The van der Waals surface area contributed by atoms with Gasteiger partial charge in [0.2, 0.25) is 5.95 Å². The maximum Gasteiger partial charge on any atom is 0.220 e. The zero-order chi connectivity index (χ0) is 14.7. The molecule has 0 amide bonds. The SMILES string of the molecule is Cc1ccc(Cc2cc(C3CCNCC3)nc(N)n2)cc1. The molecule has 0 saturated carbocycles. The Kier molecular flexibility index (Phi) is 4.15. The molecule has 0 spiro atoms. The number of nitrogen functional groups attached to an aromatic ring is 1. The molecule has 3 N–H and O–H groups in total. The van der Waals surface area contributed by atoms with Crippen LogP contribution in [0.3, 0.4) is 0 Å². The number of rotatable bonds is 3. The van der Waals surface area contributed by atoms with Gasteiger partial charge in [-0.25, -0.2) is 9.97 Å². The minimum Gasteiger partial charge on any atom is -0.368 e. The van der Waals surface area contributed by atoms with E-state index in [0.29, 0.717) is 11.9 Å². The number of hydrogen-bond donors (Lipinski definition) is 2. The van der Waals surface area contributed by atoms with Gasteiger partial charge in [-0.2, -0.15) is 0 Å². The summed E-state index contributed by atoms with van der Waals surface area (Å²) >= 11 is 0. The fraction of sp³-hybridized carbons (Fsp3) is 0.412. The van der Waals surface area contributed by atoms with E-state index < -0.39 is 0 Å². The van der Waals surface area contributed by atoms with Crippen LogP contribution < -0.4 is 11.1 Å². The molecule has 1 aromatic carbocycles. The van der Waals surface area contributed by atoms with Crippen molar-refractivity contribution in [3.05, 3.63) is 52.8 Å². The van der Waals surface area contributed by atoms with Gasteiger partial charge in [0, 0.05) is 18.0 Å². The van der Waals surface area contributed by atoms with Gasteiger partial charge in [0.15, 0.2) is 0 Å². The van der Waals surface area contributed by atoms with Crippen molar-refractivity contribution in [2.75, 3.05) is 18.8 Å². The number of nitrogens with zero attached hydrogens (tertiary/aromatic N) is 2. The molecule has 0 bridgehead atoms. The Balaban J connectivity index is 1.81. The molecule has 1 aromatic heterocycles. The molecule has 0 unspecified atom stereocenters. The van der Waals surface area contributed by atoms with Crippen molar-refractivity contribution in [3.63, 3.8) is 0 Å². The van der Waals surface area contributed by atoms with E-state index in [1.54, 1.807) is 0 Å². The van der Waals surface area contributed by atoms with Crippen molar-refractivity contribution >= 4 is 5.95 Å². The third-order valence-electron chi connectivity index (χ3n) is 4.08. The van der Waals surface area contributed by atoms with Crippen molar-refractivity contribution in [2.24, 2.45) is 0 Å². The number of anilines is 1. The van der Waals surface area contributed by atoms with Gasteiger partial charge in [0.25, 0.3) is 0 Å². The number of benzene rings is 1. The van der Waals surface area contributed by atoms with Crippen LogP contribution in [0.1, 0.15) is 41.3 Å². The monoisotopic (exact) mass is 282 g/mol. The van der Waals surface area contributed by atoms with Gasteiger partial charge in [0.1, 0.15) is 0 Å². The quantitative estimate of drug-likeness (QED) is 0.907. The van der Waals surface area contributed by atoms with Gasteiger partial charge in [-0.05, 0) is 44.5 Å². The van der Waals surface area contributed by atoms with Gasteiger partial charge in [0.05, 0.1) is 5.69 Å². The van der Waals surface area contributed by atoms with Gasteiger partial charge in [-0.15, -0.1) is 0 Å². The van der Waals surface area contributed by atoms with Crippen molar-refractivity contribution in [3.8, 4) is 0 Å². The second-order valence-electron chi connectivity index (χ2n) is 5.83. The Hall–Kier alpha value is -1.94. The topological polar surface area (TPSA) is 63.8 Å². The average Bonchev–Trinajstić information content (AvgIpc) is 2.50. The maximum absolute atomic E-state index is 5.91. The molecule has 0 atom stereocenters. The Morgan fingerprint density at radius 3 is 2.57 bits per heavy atom. The predicted octanol–water partition coefficient (Wildman–Crippen LogP) is 2.43. The normalized spacial score (nSPS) is 16.0. The second kappa shape index (κ2) is 6.22. The Morgan fingerprint density at radius 1 is 1.14 bits per heavy atom. The standard InChI is InChI=1S/C17H22N4/c1-12-2-4-13(5-3-12)10-15-11-16(21-17(18)20-15)14-6-8-19-9-7-14/h2-5,11,14,19H,6-10H2,1H3,(H2,18,20,21). The fourth-order valence-corrected chi connectivity index (χ4v) is 2.87. The van der Waals surface area contributed by atoms with E-state index in [1.165, 1.54) is 11.1 Å². The Labute approximate surface area is 125 Å². The molecule has 2 heterocycles. The van der Waals surface area contributed by atoms with Gasteiger partial charge >= 0.3 is 0 Å². The smallest absolute Gasteiger partial charge is 0.220 e. The van der Waals surface area contributed by atoms with Crippen molar-refractivity contribution in [2.45, 2.75) is 32.1 Å². The molecule has 4 nitrogen and oxygen atoms in total. The number of aryl methyl sites for hydroxylation is 1. The molecule has 1 aliphatic heterocycles. The number of hydrogen-bond acceptors (Lipinski definition) is 4. The minimum absolute atomic E-state index is 0.396. The van der Waals surface area contributed by atoms with Crippen LogP contribution >= 0.6 is 0 Å². The van der Waals surface area contributed by atoms with Crippen LogP contribution in [0.4, 0.5) is 5.95 Å². The third-order valence-corrected chi connectivity index (χ3v) is 4.08. The molecule has 1 fully saturated rings. The van der Waals surface area contributed by atoms with Crippen molar-refractivity contribution < 1.29 is 0 Å². The van der Waals surface area contributed by atoms with Crippen molar-refractivity contribution in [1.29, 1.82) is 0 Å². The molecular weight excluding hydrogens is 260 g/mol. The Morgan fingerprint density at radius 2 is 1.86 bits per heavy atom. The largest absolute Gasteiger partial charge is 0.368 e. The van der Waals surface area contributed by atoms with Gasteiger partial charge in [-0.3, -0.25) is 0 Å². The van der Waals surface area contributed by atoms with Crippen LogP contribution in [-0.4, -0.2) is 23.1 Å². The maximum atomic E-state index is 5.91. The fourth-order valence-electron chi connectivity index (χ4n) is 2.87. The molecule has 2 aromatic rings. The van der Waals surface area contributed by atoms with Crippen LogP contribution in [0.15, 0.2) is 30.3 Å². The lowest BCUT2D eigenvalue weighted by Crippen LogP contribution is -2.27. The third kappa shape index (κ3) is 3.58. The van der Waals surface area contributed by atoms with E-state index >= 15 is 0 Å². The van der Waals surface area contributed by atoms with Crippen LogP contribution in [0.5, 0.6) is 0 Å². The van der Waals surface area contributed by atoms with E-state index in [2.05, 4.69) is 52.5 Å². The predicted molar refractivity (Wildman–Crippen MR) is 85.3 cm³/mol. The number of aromatic nitrogens is 2. The van der Waals surface area contributed by atoms with E-state index in [4.69, 9.17) is 5.73 Å². The van der Waals surface area contributed by atoms with E-state index in [9.17, 15) is 0 Å². The first-order valence-electron chi connectivity index (χ1n) is 7.60.